The van der Waals surface area contributed by atoms with Crippen LogP contribution in [0.4, 0.5) is 0 Å². The second-order valence-electron chi connectivity index (χ2n) is 9.80. The molecule has 0 saturated carbocycles. The molecule has 0 unspecified atom stereocenters. The Labute approximate surface area is 183 Å². The first-order valence-electron chi connectivity index (χ1n) is 11.6. The minimum atomic E-state index is 0.180. The van der Waals surface area contributed by atoms with E-state index in [2.05, 4.69) is 15.9 Å². The summed E-state index contributed by atoms with van der Waals surface area (Å²) in [7, 11) is 1.99. The quantitative estimate of drug-likeness (QED) is 0.612. The van der Waals surface area contributed by atoms with Crippen molar-refractivity contribution in [3.8, 4) is 0 Å². The third-order valence-corrected chi connectivity index (χ3v) is 8.38. The maximum atomic E-state index is 13.8. The van der Waals surface area contributed by atoms with Gasteiger partial charge in [0, 0.05) is 42.1 Å². The van der Waals surface area contributed by atoms with E-state index in [1.807, 2.05) is 35.9 Å². The van der Waals surface area contributed by atoms with Gasteiger partial charge in [-0.15, -0.1) is 0 Å². The summed E-state index contributed by atoms with van der Waals surface area (Å²) in [6, 6.07) is 8.94. The highest BCUT2D eigenvalue weighted by atomic mass is 35.5. The van der Waals surface area contributed by atoms with Crippen LogP contribution in [0.5, 0.6) is 0 Å². The number of benzene rings is 1. The standard InChI is InChI=1S/C25H30ClN3O/c1-27-22-14-20(26)8-7-16(22)13-23(27)25(30)29-10-4-5-17-11-18-12-19(24(17)29)15-28-9-3-2-6-21(18)28/h7-8,11,13-14,18-19,21,24H,2-6,9-10,12,15H2,1H3/t18-,19+,21+,24-/m0/s1. The zero-order chi connectivity index (χ0) is 20.4. The average Bonchev–Trinajstić information content (AvgIpc) is 3.09. The van der Waals surface area contributed by atoms with Crippen LogP contribution < -0.4 is 0 Å². The molecule has 3 fully saturated rings. The molecule has 0 radical (unpaired) electrons. The molecule has 1 aromatic heterocycles. The van der Waals surface area contributed by atoms with Crippen molar-refractivity contribution in [3.05, 3.63) is 46.6 Å². The van der Waals surface area contributed by atoms with Crippen LogP contribution in [0, 0.1) is 11.8 Å². The molecule has 4 atom stereocenters. The summed E-state index contributed by atoms with van der Waals surface area (Å²) >= 11 is 6.21. The summed E-state index contributed by atoms with van der Waals surface area (Å²) in [5.41, 5.74) is 3.35. The van der Waals surface area contributed by atoms with E-state index in [1.54, 1.807) is 5.57 Å². The smallest absolute Gasteiger partial charge is 0.271 e. The SMILES string of the molecule is Cn1c(C(=O)N2CCCC3=C[C@H]4C[C@H](CN5CCCC[C@H]45)[C@H]32)cc2ccc(Cl)cc21. The lowest BCUT2D eigenvalue weighted by Gasteiger charge is -2.54. The van der Waals surface area contributed by atoms with Gasteiger partial charge in [0.2, 0.25) is 0 Å². The van der Waals surface area contributed by atoms with Crippen LogP contribution in [0.2, 0.25) is 5.02 Å². The lowest BCUT2D eigenvalue weighted by atomic mass is 9.68. The number of amides is 1. The fraction of sp³-hybridized carbons (Fsp3) is 0.560. The van der Waals surface area contributed by atoms with Crippen molar-refractivity contribution in [2.45, 2.75) is 50.6 Å². The Kier molecular flexibility index (Phi) is 4.50. The molecule has 158 valence electrons. The summed E-state index contributed by atoms with van der Waals surface area (Å²) < 4.78 is 2.02. The number of aromatic nitrogens is 1. The highest BCUT2D eigenvalue weighted by molar-refractivity contribution is 6.31. The molecule has 3 saturated heterocycles. The van der Waals surface area contributed by atoms with Gasteiger partial charge in [-0.05, 0) is 68.7 Å². The van der Waals surface area contributed by atoms with Crippen molar-refractivity contribution in [1.29, 1.82) is 0 Å². The molecule has 2 aromatic rings. The molecule has 2 bridgehead atoms. The molecule has 30 heavy (non-hydrogen) atoms. The number of aryl methyl sites for hydroxylation is 1. The van der Waals surface area contributed by atoms with E-state index in [1.165, 1.54) is 38.6 Å². The summed E-state index contributed by atoms with van der Waals surface area (Å²) in [6.45, 7) is 3.27. The van der Waals surface area contributed by atoms with E-state index in [-0.39, 0.29) is 11.9 Å². The van der Waals surface area contributed by atoms with E-state index in [0.717, 1.165) is 42.1 Å². The molecular formula is C25H30ClN3O. The number of likely N-dealkylation sites (tertiary alicyclic amines) is 1. The van der Waals surface area contributed by atoms with Gasteiger partial charge >= 0.3 is 0 Å². The summed E-state index contributed by atoms with van der Waals surface area (Å²) in [4.78, 5) is 18.8. The van der Waals surface area contributed by atoms with Gasteiger partial charge in [0.15, 0.2) is 0 Å². The molecule has 4 nitrogen and oxygen atoms in total. The van der Waals surface area contributed by atoms with Crippen LogP contribution in [0.25, 0.3) is 10.9 Å². The first kappa shape index (κ1) is 18.9. The second kappa shape index (κ2) is 7.13. The van der Waals surface area contributed by atoms with Gasteiger partial charge in [0.25, 0.3) is 5.91 Å². The van der Waals surface area contributed by atoms with Crippen LogP contribution in [0.15, 0.2) is 35.9 Å². The Bertz CT molecular complexity index is 1040. The van der Waals surface area contributed by atoms with E-state index >= 15 is 0 Å². The van der Waals surface area contributed by atoms with E-state index < -0.39 is 0 Å². The molecule has 6 rings (SSSR count). The van der Waals surface area contributed by atoms with Gasteiger partial charge in [-0.1, -0.05) is 35.7 Å². The Hall–Kier alpha value is -1.78. The van der Waals surface area contributed by atoms with Crippen molar-refractivity contribution in [2.75, 3.05) is 19.6 Å². The van der Waals surface area contributed by atoms with Crippen molar-refractivity contribution in [2.24, 2.45) is 18.9 Å². The van der Waals surface area contributed by atoms with Crippen molar-refractivity contribution in [3.63, 3.8) is 0 Å². The van der Waals surface area contributed by atoms with Gasteiger partial charge in [-0.2, -0.15) is 0 Å². The minimum Gasteiger partial charge on any atom is -0.340 e. The number of hydrogen-bond donors (Lipinski definition) is 0. The molecular weight excluding hydrogens is 394 g/mol. The summed E-state index contributed by atoms with van der Waals surface area (Å²) in [5.74, 6) is 1.46. The topological polar surface area (TPSA) is 28.5 Å². The van der Waals surface area contributed by atoms with Gasteiger partial charge in [-0.25, -0.2) is 0 Å². The Morgan fingerprint density at radius 2 is 2.03 bits per heavy atom. The third kappa shape index (κ3) is 2.87. The number of carbonyl (C=O) groups is 1. The van der Waals surface area contributed by atoms with Crippen LogP contribution in [0.3, 0.4) is 0 Å². The number of halogens is 1. The molecule has 1 aliphatic carbocycles. The van der Waals surface area contributed by atoms with E-state index in [4.69, 9.17) is 11.6 Å². The highest BCUT2D eigenvalue weighted by Crippen LogP contribution is 2.45. The Morgan fingerprint density at radius 3 is 2.93 bits per heavy atom. The monoisotopic (exact) mass is 423 g/mol. The lowest BCUT2D eigenvalue weighted by molar-refractivity contribution is 0.00122. The maximum absolute atomic E-state index is 13.8. The highest BCUT2D eigenvalue weighted by Gasteiger charge is 2.47. The number of fused-ring (bicyclic) bond motifs is 7. The van der Waals surface area contributed by atoms with Crippen LogP contribution in [-0.4, -0.2) is 52.0 Å². The zero-order valence-electron chi connectivity index (χ0n) is 17.7. The largest absolute Gasteiger partial charge is 0.340 e. The zero-order valence-corrected chi connectivity index (χ0v) is 18.4. The Balaban J connectivity index is 1.36. The fourth-order valence-electron chi connectivity index (χ4n) is 6.86. The summed E-state index contributed by atoms with van der Waals surface area (Å²) in [6.07, 6.45) is 10.2. The van der Waals surface area contributed by atoms with Gasteiger partial charge in [0.05, 0.1) is 6.04 Å². The Morgan fingerprint density at radius 1 is 1.13 bits per heavy atom. The molecule has 1 amide bonds. The van der Waals surface area contributed by atoms with Crippen LogP contribution >= 0.6 is 11.6 Å². The number of hydrogen-bond acceptors (Lipinski definition) is 2. The van der Waals surface area contributed by atoms with E-state index in [0.29, 0.717) is 16.9 Å². The van der Waals surface area contributed by atoms with Gasteiger partial charge < -0.3 is 9.47 Å². The number of nitrogens with zero attached hydrogens (tertiary/aromatic N) is 3. The number of carbonyl (C=O) groups excluding carboxylic acids is 1. The molecule has 4 aliphatic rings. The third-order valence-electron chi connectivity index (χ3n) is 8.14. The van der Waals surface area contributed by atoms with Crippen molar-refractivity contribution in [1.82, 2.24) is 14.4 Å². The maximum Gasteiger partial charge on any atom is 0.271 e. The molecule has 3 aliphatic heterocycles. The fourth-order valence-corrected chi connectivity index (χ4v) is 7.02. The molecule has 1 aromatic carbocycles. The minimum absolute atomic E-state index is 0.180. The first-order valence-corrected chi connectivity index (χ1v) is 12.0. The average molecular weight is 424 g/mol. The lowest BCUT2D eigenvalue weighted by Crippen LogP contribution is -2.60. The van der Waals surface area contributed by atoms with Gasteiger partial charge in [-0.3, -0.25) is 9.69 Å². The van der Waals surface area contributed by atoms with Crippen molar-refractivity contribution >= 4 is 28.4 Å². The normalized spacial score (nSPS) is 31.3. The van der Waals surface area contributed by atoms with Crippen LogP contribution in [0.1, 0.15) is 49.0 Å². The number of rotatable bonds is 1. The second-order valence-corrected chi connectivity index (χ2v) is 10.2. The molecule has 0 spiro atoms. The molecule has 4 heterocycles. The predicted molar refractivity (Wildman–Crippen MR) is 121 cm³/mol. The van der Waals surface area contributed by atoms with Crippen molar-refractivity contribution < 1.29 is 4.79 Å². The predicted octanol–water partition coefficient (Wildman–Crippen LogP) is 4.87. The first-order chi connectivity index (χ1) is 14.6. The molecule has 5 heteroatoms. The molecule has 0 N–H and O–H groups in total. The number of piperidine rings is 3. The van der Waals surface area contributed by atoms with Crippen LogP contribution in [-0.2, 0) is 7.05 Å². The summed E-state index contributed by atoms with van der Waals surface area (Å²) in [5, 5.41) is 1.79. The van der Waals surface area contributed by atoms with Gasteiger partial charge in [0.1, 0.15) is 5.69 Å². The van der Waals surface area contributed by atoms with E-state index in [9.17, 15) is 4.79 Å².